The van der Waals surface area contributed by atoms with E-state index in [1.54, 1.807) is 23.0 Å². The molecule has 7 nitrogen and oxygen atoms in total. The Hall–Kier alpha value is -3.19. The molecule has 0 spiro atoms. The number of anilines is 1. The predicted molar refractivity (Wildman–Crippen MR) is 109 cm³/mol. The number of ether oxygens (including phenoxy) is 1. The minimum Gasteiger partial charge on any atom is -0.487 e. The molecule has 1 saturated carbocycles. The van der Waals surface area contributed by atoms with Gasteiger partial charge in [0.25, 0.3) is 5.91 Å². The van der Waals surface area contributed by atoms with Crippen LogP contribution in [0.1, 0.15) is 41.8 Å². The van der Waals surface area contributed by atoms with E-state index in [1.807, 2.05) is 18.2 Å². The van der Waals surface area contributed by atoms with Crippen LogP contribution in [0.25, 0.3) is 11.7 Å². The molecule has 5 rings (SSSR count). The molecule has 3 aromatic rings. The van der Waals surface area contributed by atoms with Crippen LogP contribution in [-0.4, -0.2) is 37.8 Å². The third-order valence-corrected chi connectivity index (χ3v) is 5.41. The van der Waals surface area contributed by atoms with Gasteiger partial charge in [0.2, 0.25) is 0 Å². The summed E-state index contributed by atoms with van der Waals surface area (Å²) in [6, 6.07) is 5.74. The van der Waals surface area contributed by atoms with E-state index in [1.165, 1.54) is 11.8 Å². The second kappa shape index (κ2) is 6.42. The molecule has 2 N–H and O–H groups in total. The highest BCUT2D eigenvalue weighted by Gasteiger charge is 2.32. The summed E-state index contributed by atoms with van der Waals surface area (Å²) in [6.07, 6.45) is 8.62. The van der Waals surface area contributed by atoms with E-state index < -0.39 is 0 Å². The van der Waals surface area contributed by atoms with Gasteiger partial charge < -0.3 is 15.2 Å². The van der Waals surface area contributed by atoms with Crippen molar-refractivity contribution >= 4 is 23.3 Å². The molecule has 1 aromatic carbocycles. The molecular weight excluding hydrogens is 368 g/mol. The van der Waals surface area contributed by atoms with Crippen LogP contribution >= 0.6 is 0 Å². The third-order valence-electron chi connectivity index (χ3n) is 5.41. The van der Waals surface area contributed by atoms with Crippen molar-refractivity contribution in [2.45, 2.75) is 32.3 Å². The highest BCUT2D eigenvalue weighted by atomic mass is 16.5. The van der Waals surface area contributed by atoms with Crippen molar-refractivity contribution in [3.05, 3.63) is 59.1 Å². The summed E-state index contributed by atoms with van der Waals surface area (Å²) in [5.74, 6) is 0.803. The maximum Gasteiger partial charge on any atom is 0.261 e. The van der Waals surface area contributed by atoms with E-state index >= 15 is 0 Å². The molecular formula is C22H22N4O3. The van der Waals surface area contributed by atoms with E-state index in [4.69, 9.17) is 4.74 Å². The number of carbonyl (C=O) groups excluding carboxylic acids is 1. The van der Waals surface area contributed by atoms with Crippen molar-refractivity contribution in [1.29, 1.82) is 0 Å². The van der Waals surface area contributed by atoms with Gasteiger partial charge in [-0.1, -0.05) is 11.6 Å². The monoisotopic (exact) mass is 390 g/mol. The predicted octanol–water partition coefficient (Wildman–Crippen LogP) is 3.09. The minimum atomic E-state index is -0.269. The molecule has 0 saturated heterocycles. The zero-order chi connectivity index (χ0) is 20.2. The summed E-state index contributed by atoms with van der Waals surface area (Å²) in [6.45, 7) is 4.25. The molecule has 2 aliphatic rings. The number of aromatic nitrogens is 3. The fraction of sp³-hybridized carbons (Fsp3) is 0.318. The fourth-order valence-electron chi connectivity index (χ4n) is 3.85. The Kier molecular flexibility index (Phi) is 3.96. The number of amides is 1. The van der Waals surface area contributed by atoms with E-state index in [2.05, 4.69) is 29.2 Å². The maximum atomic E-state index is 13.0. The molecule has 29 heavy (non-hydrogen) atoms. The maximum absolute atomic E-state index is 13.0. The number of fused-ring (bicyclic) bond motifs is 2. The second-order valence-electron chi connectivity index (χ2n) is 8.29. The Labute approximate surface area is 168 Å². The first-order chi connectivity index (χ1) is 13.9. The quantitative estimate of drug-likeness (QED) is 0.715. The van der Waals surface area contributed by atoms with Gasteiger partial charge in [0.05, 0.1) is 6.20 Å². The van der Waals surface area contributed by atoms with Gasteiger partial charge in [0, 0.05) is 48.2 Å². The Morgan fingerprint density at radius 1 is 1.45 bits per heavy atom. The number of carbonyl (C=O) groups is 1. The normalized spacial score (nSPS) is 20.5. The summed E-state index contributed by atoms with van der Waals surface area (Å²) in [7, 11) is 0. The lowest BCUT2D eigenvalue weighted by Gasteiger charge is -2.17. The van der Waals surface area contributed by atoms with E-state index in [-0.39, 0.29) is 24.0 Å². The average Bonchev–Trinajstić information content (AvgIpc) is 3.16. The van der Waals surface area contributed by atoms with Crippen LogP contribution in [0.4, 0.5) is 5.69 Å². The Balaban J connectivity index is 1.52. The number of nitrogens with one attached hydrogen (secondary N) is 1. The Morgan fingerprint density at radius 2 is 2.31 bits per heavy atom. The van der Waals surface area contributed by atoms with Crippen molar-refractivity contribution in [2.24, 2.45) is 5.92 Å². The van der Waals surface area contributed by atoms with Crippen LogP contribution in [0.15, 0.2) is 42.4 Å². The summed E-state index contributed by atoms with van der Waals surface area (Å²) < 4.78 is 7.64. The van der Waals surface area contributed by atoms with Gasteiger partial charge in [-0.2, -0.15) is 5.10 Å². The number of aliphatic hydroxyl groups excluding tert-OH is 1. The van der Waals surface area contributed by atoms with Gasteiger partial charge >= 0.3 is 0 Å². The average molecular weight is 390 g/mol. The van der Waals surface area contributed by atoms with Crippen molar-refractivity contribution < 1.29 is 14.6 Å². The first kappa shape index (κ1) is 17.9. The van der Waals surface area contributed by atoms with Gasteiger partial charge in [-0.3, -0.25) is 4.79 Å². The first-order valence-electron chi connectivity index (χ1n) is 9.70. The summed E-state index contributed by atoms with van der Waals surface area (Å²) in [4.78, 5) is 17.3. The molecule has 7 heteroatoms. The highest BCUT2D eigenvalue weighted by molar-refractivity contribution is 6.09. The number of benzene rings is 1. The molecule has 3 heterocycles. The van der Waals surface area contributed by atoms with Gasteiger partial charge in [0.1, 0.15) is 16.9 Å². The van der Waals surface area contributed by atoms with Crippen molar-refractivity contribution in [3.63, 3.8) is 0 Å². The molecule has 0 radical (unpaired) electrons. The van der Waals surface area contributed by atoms with Crippen molar-refractivity contribution in [3.8, 4) is 5.75 Å². The number of nitrogens with zero attached hydrogens (tertiary/aromatic N) is 3. The molecule has 1 aliphatic carbocycles. The largest absolute Gasteiger partial charge is 0.487 e. The van der Waals surface area contributed by atoms with Crippen LogP contribution in [0.5, 0.6) is 5.75 Å². The summed E-state index contributed by atoms with van der Waals surface area (Å²) in [5, 5.41) is 16.6. The zero-order valence-corrected chi connectivity index (χ0v) is 16.3. The molecule has 2 aromatic heterocycles. The lowest BCUT2D eigenvalue weighted by molar-refractivity contribution is 0.102. The second-order valence-corrected chi connectivity index (χ2v) is 8.29. The van der Waals surface area contributed by atoms with Gasteiger partial charge in [0.15, 0.2) is 5.65 Å². The van der Waals surface area contributed by atoms with Crippen LogP contribution in [0.2, 0.25) is 0 Å². The molecule has 1 fully saturated rings. The van der Waals surface area contributed by atoms with Crippen LogP contribution in [0.3, 0.4) is 0 Å². The van der Waals surface area contributed by atoms with Gasteiger partial charge in [-0.15, -0.1) is 0 Å². The first-order valence-corrected chi connectivity index (χ1v) is 9.70. The molecule has 148 valence electrons. The summed E-state index contributed by atoms with van der Waals surface area (Å²) in [5.41, 5.74) is 4.51. The van der Waals surface area contributed by atoms with Gasteiger partial charge in [-0.05, 0) is 38.5 Å². The smallest absolute Gasteiger partial charge is 0.261 e. The molecule has 0 unspecified atom stereocenters. The highest BCUT2D eigenvalue weighted by Crippen LogP contribution is 2.43. The van der Waals surface area contributed by atoms with E-state index in [0.717, 1.165) is 35.4 Å². The topological polar surface area (TPSA) is 88.8 Å². The van der Waals surface area contributed by atoms with E-state index in [0.29, 0.717) is 11.2 Å². The van der Waals surface area contributed by atoms with Gasteiger partial charge in [-0.25, -0.2) is 9.50 Å². The Bertz CT molecular complexity index is 1160. The summed E-state index contributed by atoms with van der Waals surface area (Å²) >= 11 is 0. The fourth-order valence-corrected chi connectivity index (χ4v) is 3.85. The van der Waals surface area contributed by atoms with Crippen LogP contribution < -0.4 is 10.1 Å². The lowest BCUT2D eigenvalue weighted by atomic mass is 9.99. The SMILES string of the molecule is CC1(C)Cc2cc(NC(=O)c3cnn4cccnc34)c(/C=C3/C[C@H]3CO)cc2O1. The van der Waals surface area contributed by atoms with Crippen LogP contribution in [0, 0.1) is 5.92 Å². The molecule has 1 amide bonds. The number of rotatable bonds is 4. The van der Waals surface area contributed by atoms with Crippen molar-refractivity contribution in [1.82, 2.24) is 14.6 Å². The third kappa shape index (κ3) is 3.27. The lowest BCUT2D eigenvalue weighted by Crippen LogP contribution is -2.24. The number of hydrogen-bond acceptors (Lipinski definition) is 5. The number of aliphatic hydroxyl groups is 1. The minimum absolute atomic E-state index is 0.149. The van der Waals surface area contributed by atoms with Crippen molar-refractivity contribution in [2.75, 3.05) is 11.9 Å². The van der Waals surface area contributed by atoms with E-state index in [9.17, 15) is 9.90 Å². The molecule has 0 bridgehead atoms. The molecule has 1 aliphatic heterocycles. The zero-order valence-electron chi connectivity index (χ0n) is 16.3. The van der Waals surface area contributed by atoms with Crippen LogP contribution in [-0.2, 0) is 6.42 Å². The number of hydrogen-bond donors (Lipinski definition) is 2. The molecule has 1 atom stereocenters. The Morgan fingerprint density at radius 3 is 3.10 bits per heavy atom. The standard InChI is InChI=1S/C22H22N4O3/c1-22(2)10-15-8-18(14(9-19(15)29-22)6-13-7-16(13)12-27)25-21(28)17-11-24-26-5-3-4-23-20(17)26/h3-6,8-9,11,16,27H,7,10,12H2,1-2H3,(H,25,28)/b13-6-/t16-/m0/s1.